The molecule has 1 heterocycles. The van der Waals surface area contributed by atoms with E-state index < -0.39 is 0 Å². The molecule has 4 heteroatoms. The molecule has 0 saturated carbocycles. The van der Waals surface area contributed by atoms with Crippen molar-refractivity contribution in [1.29, 1.82) is 0 Å². The van der Waals surface area contributed by atoms with Gasteiger partial charge in [0, 0.05) is 35.6 Å². The summed E-state index contributed by atoms with van der Waals surface area (Å²) in [6.07, 6.45) is 4.57. The van der Waals surface area contributed by atoms with E-state index in [-0.39, 0.29) is 0 Å². The molecule has 0 atom stereocenters. The van der Waals surface area contributed by atoms with E-state index in [1.807, 2.05) is 12.4 Å². The summed E-state index contributed by atoms with van der Waals surface area (Å²) in [5, 5.41) is 0. The summed E-state index contributed by atoms with van der Waals surface area (Å²) in [6, 6.07) is 10.6. The smallest absolute Gasteiger partial charge is 0.0430 e. The van der Waals surface area contributed by atoms with Gasteiger partial charge in [0.2, 0.25) is 0 Å². The molecule has 0 bridgehead atoms. The van der Waals surface area contributed by atoms with Gasteiger partial charge in [-0.1, -0.05) is 22.0 Å². The summed E-state index contributed by atoms with van der Waals surface area (Å²) in [5.41, 5.74) is 9.37. The number of hydrogen-bond donors (Lipinski definition) is 1. The summed E-state index contributed by atoms with van der Waals surface area (Å²) in [5.74, 6) is 0. The molecule has 2 aromatic rings. The van der Waals surface area contributed by atoms with Gasteiger partial charge in [-0.05, 0) is 55.3 Å². The molecular formula is C16H20BrN3. The molecule has 3 nitrogen and oxygen atoms in total. The van der Waals surface area contributed by atoms with Crippen LogP contribution in [-0.2, 0) is 13.0 Å². The van der Waals surface area contributed by atoms with Crippen molar-refractivity contribution < 1.29 is 0 Å². The lowest BCUT2D eigenvalue weighted by Crippen LogP contribution is -2.22. The van der Waals surface area contributed by atoms with Crippen molar-refractivity contribution in [3.63, 3.8) is 0 Å². The minimum Gasteiger partial charge on any atom is -0.367 e. The third kappa shape index (κ3) is 3.81. The largest absolute Gasteiger partial charge is 0.367 e. The summed E-state index contributed by atoms with van der Waals surface area (Å²) in [7, 11) is 0. The van der Waals surface area contributed by atoms with Gasteiger partial charge in [0.15, 0.2) is 0 Å². The quantitative estimate of drug-likeness (QED) is 0.881. The highest BCUT2D eigenvalue weighted by Crippen LogP contribution is 2.25. The first kappa shape index (κ1) is 15.0. The van der Waals surface area contributed by atoms with Crippen LogP contribution in [0.25, 0.3) is 0 Å². The number of anilines is 1. The molecule has 1 aromatic heterocycles. The van der Waals surface area contributed by atoms with Crippen LogP contribution >= 0.6 is 15.9 Å². The second-order valence-corrected chi connectivity index (χ2v) is 5.54. The molecule has 2 rings (SSSR count). The third-order valence-electron chi connectivity index (χ3n) is 3.32. The Bertz CT molecular complexity index is 543. The van der Waals surface area contributed by atoms with Crippen molar-refractivity contribution in [2.24, 2.45) is 5.73 Å². The lowest BCUT2D eigenvalue weighted by atomic mass is 10.1. The van der Waals surface area contributed by atoms with E-state index >= 15 is 0 Å². The van der Waals surface area contributed by atoms with Crippen molar-refractivity contribution in [2.75, 3.05) is 18.0 Å². The Morgan fingerprint density at radius 3 is 2.55 bits per heavy atom. The highest BCUT2D eigenvalue weighted by atomic mass is 79.9. The molecule has 0 spiro atoms. The number of rotatable bonds is 6. The fraction of sp³-hybridized carbons (Fsp3) is 0.312. The van der Waals surface area contributed by atoms with Crippen LogP contribution in [0.5, 0.6) is 0 Å². The lowest BCUT2D eigenvalue weighted by Gasteiger charge is -2.24. The number of benzene rings is 1. The van der Waals surface area contributed by atoms with E-state index in [0.717, 1.165) is 24.0 Å². The minimum atomic E-state index is 0.673. The fourth-order valence-electron chi connectivity index (χ4n) is 2.19. The van der Waals surface area contributed by atoms with Crippen molar-refractivity contribution in [3.05, 3.63) is 58.3 Å². The van der Waals surface area contributed by atoms with Crippen molar-refractivity contribution in [3.8, 4) is 0 Å². The van der Waals surface area contributed by atoms with Crippen LogP contribution in [0.15, 0.2) is 47.2 Å². The summed E-state index contributed by atoms with van der Waals surface area (Å²) in [6.45, 7) is 4.70. The Morgan fingerprint density at radius 2 is 1.95 bits per heavy atom. The molecule has 0 fully saturated rings. The van der Waals surface area contributed by atoms with Crippen LogP contribution in [0.4, 0.5) is 5.69 Å². The Morgan fingerprint density at radius 1 is 1.20 bits per heavy atom. The highest BCUT2D eigenvalue weighted by Gasteiger charge is 2.08. The maximum Gasteiger partial charge on any atom is 0.0430 e. The highest BCUT2D eigenvalue weighted by molar-refractivity contribution is 9.10. The predicted molar refractivity (Wildman–Crippen MR) is 87.9 cm³/mol. The number of nitrogens with zero attached hydrogens (tertiary/aromatic N) is 2. The van der Waals surface area contributed by atoms with Crippen LogP contribution in [-0.4, -0.2) is 18.1 Å². The molecule has 2 N–H and O–H groups in total. The molecular weight excluding hydrogens is 314 g/mol. The first-order valence-electron chi connectivity index (χ1n) is 6.87. The number of halogens is 1. The second-order valence-electron chi connectivity index (χ2n) is 4.68. The van der Waals surface area contributed by atoms with Crippen LogP contribution in [0.2, 0.25) is 0 Å². The summed E-state index contributed by atoms with van der Waals surface area (Å²) >= 11 is 3.64. The molecule has 1 aromatic carbocycles. The van der Waals surface area contributed by atoms with Crippen LogP contribution in [0, 0.1) is 0 Å². The lowest BCUT2D eigenvalue weighted by molar-refractivity contribution is 0.829. The van der Waals surface area contributed by atoms with Crippen molar-refractivity contribution in [2.45, 2.75) is 19.9 Å². The van der Waals surface area contributed by atoms with Gasteiger partial charge in [0.25, 0.3) is 0 Å². The third-order valence-corrected chi connectivity index (χ3v) is 4.06. The van der Waals surface area contributed by atoms with Gasteiger partial charge in [0.1, 0.15) is 0 Å². The van der Waals surface area contributed by atoms with E-state index in [1.165, 1.54) is 16.8 Å². The van der Waals surface area contributed by atoms with Gasteiger partial charge in [0.05, 0.1) is 0 Å². The Labute approximate surface area is 129 Å². The van der Waals surface area contributed by atoms with E-state index in [1.54, 1.807) is 0 Å². The van der Waals surface area contributed by atoms with E-state index in [0.29, 0.717) is 6.54 Å². The first-order chi connectivity index (χ1) is 9.74. The van der Waals surface area contributed by atoms with Crippen LogP contribution in [0.1, 0.15) is 18.1 Å². The van der Waals surface area contributed by atoms with Crippen LogP contribution < -0.4 is 10.6 Å². The molecule has 106 valence electrons. The Hall–Kier alpha value is -1.39. The molecule has 0 unspecified atom stereocenters. The minimum absolute atomic E-state index is 0.673. The molecule has 0 aliphatic carbocycles. The monoisotopic (exact) mass is 333 g/mol. The van der Waals surface area contributed by atoms with Crippen molar-refractivity contribution in [1.82, 2.24) is 4.98 Å². The van der Waals surface area contributed by atoms with Gasteiger partial charge >= 0.3 is 0 Å². The van der Waals surface area contributed by atoms with E-state index in [2.05, 4.69) is 63.1 Å². The molecule has 0 radical (unpaired) electrons. The topological polar surface area (TPSA) is 42.2 Å². The number of hydrogen-bond acceptors (Lipinski definition) is 3. The molecule has 20 heavy (non-hydrogen) atoms. The zero-order valence-electron chi connectivity index (χ0n) is 11.7. The Kier molecular flexibility index (Phi) is 5.56. The second kappa shape index (κ2) is 7.41. The first-order valence-corrected chi connectivity index (χ1v) is 7.66. The predicted octanol–water partition coefficient (Wildman–Crippen LogP) is 3.37. The normalized spacial score (nSPS) is 10.6. The van der Waals surface area contributed by atoms with Gasteiger partial charge in [-0.2, -0.15) is 0 Å². The van der Waals surface area contributed by atoms with Gasteiger partial charge in [-0.25, -0.2) is 0 Å². The average Bonchev–Trinajstić information content (AvgIpc) is 2.48. The van der Waals surface area contributed by atoms with Gasteiger partial charge in [-0.3, -0.25) is 4.98 Å². The number of aromatic nitrogens is 1. The maximum atomic E-state index is 5.62. The number of pyridine rings is 1. The maximum absolute atomic E-state index is 5.62. The molecule has 0 aliphatic rings. The number of nitrogens with two attached hydrogens (primary N) is 1. The zero-order chi connectivity index (χ0) is 14.4. The molecule has 0 aliphatic heterocycles. The van der Waals surface area contributed by atoms with E-state index in [9.17, 15) is 0 Å². The summed E-state index contributed by atoms with van der Waals surface area (Å²) in [4.78, 5) is 6.40. The summed E-state index contributed by atoms with van der Waals surface area (Å²) < 4.78 is 1.13. The standard InChI is InChI=1S/C16H20BrN3/c1-2-20(12-13-6-9-19-10-7-13)15-4-3-14(5-8-18)16(17)11-15/h3-4,6-7,9-11H,2,5,8,12,18H2,1H3. The SMILES string of the molecule is CCN(Cc1ccncc1)c1ccc(CCN)c(Br)c1. The van der Waals surface area contributed by atoms with Crippen molar-refractivity contribution >= 4 is 21.6 Å². The zero-order valence-corrected chi connectivity index (χ0v) is 13.3. The fourth-order valence-corrected chi connectivity index (χ4v) is 2.75. The Balaban J connectivity index is 2.17. The molecule has 0 amide bonds. The molecule has 0 saturated heterocycles. The van der Waals surface area contributed by atoms with E-state index in [4.69, 9.17) is 5.73 Å². The van der Waals surface area contributed by atoms with Gasteiger partial charge < -0.3 is 10.6 Å². The average molecular weight is 334 g/mol. The van der Waals surface area contributed by atoms with Gasteiger partial charge in [-0.15, -0.1) is 0 Å². The van der Waals surface area contributed by atoms with Crippen LogP contribution in [0.3, 0.4) is 0 Å².